The van der Waals surface area contributed by atoms with Crippen LogP contribution >= 0.6 is 24.0 Å². The maximum atomic E-state index is 12.3. The monoisotopic (exact) mass is 301 g/mol. The normalized spacial score (nSPS) is 25.6. The van der Waals surface area contributed by atoms with Gasteiger partial charge in [-0.2, -0.15) is 0 Å². The van der Waals surface area contributed by atoms with E-state index in [9.17, 15) is 4.79 Å². The van der Waals surface area contributed by atoms with E-state index in [-0.39, 0.29) is 10.8 Å². The first-order valence-corrected chi connectivity index (χ1v) is 8.34. The molecule has 1 unspecified atom stereocenters. The van der Waals surface area contributed by atoms with Crippen molar-refractivity contribution in [2.24, 2.45) is 5.73 Å². The second kappa shape index (κ2) is 5.97. The molecule has 108 valence electrons. The third-order valence-electron chi connectivity index (χ3n) is 4.19. The lowest BCUT2D eigenvalue weighted by Crippen LogP contribution is -2.60. The molecule has 1 amide bonds. The zero-order valence-corrected chi connectivity index (χ0v) is 13.4. The van der Waals surface area contributed by atoms with E-state index in [0.29, 0.717) is 10.9 Å². The van der Waals surface area contributed by atoms with E-state index >= 15 is 0 Å². The van der Waals surface area contributed by atoms with Gasteiger partial charge >= 0.3 is 0 Å². The number of amides is 1. The van der Waals surface area contributed by atoms with Gasteiger partial charge < -0.3 is 10.6 Å². The Hall–Kier alpha value is -0.330. The summed E-state index contributed by atoms with van der Waals surface area (Å²) in [5.41, 5.74) is 5.54. The molecule has 2 rings (SSSR count). The number of nitrogens with zero attached hydrogens (tertiary/aromatic N) is 2. The number of thioether (sulfide) groups is 1. The Kier molecular flexibility index (Phi) is 4.74. The number of piperazine rings is 1. The third kappa shape index (κ3) is 3.23. The molecule has 2 heterocycles. The van der Waals surface area contributed by atoms with E-state index in [4.69, 9.17) is 18.0 Å². The van der Waals surface area contributed by atoms with E-state index in [1.807, 2.05) is 16.7 Å². The van der Waals surface area contributed by atoms with Gasteiger partial charge in [-0.1, -0.05) is 12.2 Å². The number of nitrogens with two attached hydrogens (primary N) is 1. The molecule has 2 fully saturated rings. The molecule has 0 saturated carbocycles. The molecule has 2 aliphatic rings. The van der Waals surface area contributed by atoms with Gasteiger partial charge in [-0.05, 0) is 32.4 Å². The van der Waals surface area contributed by atoms with Crippen LogP contribution in [0.15, 0.2) is 0 Å². The van der Waals surface area contributed by atoms with Gasteiger partial charge in [-0.15, -0.1) is 11.8 Å². The maximum absolute atomic E-state index is 12.3. The van der Waals surface area contributed by atoms with Crippen molar-refractivity contribution in [3.63, 3.8) is 0 Å². The highest BCUT2D eigenvalue weighted by Gasteiger charge is 2.35. The number of rotatable bonds is 3. The highest BCUT2D eigenvalue weighted by Crippen LogP contribution is 2.28. The summed E-state index contributed by atoms with van der Waals surface area (Å²) in [5.74, 6) is 1.46. The summed E-state index contributed by atoms with van der Waals surface area (Å²) in [5, 5.41) is 0.204. The summed E-state index contributed by atoms with van der Waals surface area (Å²) in [4.78, 5) is 17.1. The molecule has 2 aliphatic heterocycles. The average molecular weight is 301 g/mol. The van der Waals surface area contributed by atoms with Crippen molar-refractivity contribution in [2.45, 2.75) is 37.5 Å². The Morgan fingerprint density at radius 2 is 1.95 bits per heavy atom. The maximum Gasteiger partial charge on any atom is 0.235 e. The van der Waals surface area contributed by atoms with Gasteiger partial charge in [0.2, 0.25) is 5.91 Å². The molecule has 4 nitrogen and oxygen atoms in total. The van der Waals surface area contributed by atoms with Crippen molar-refractivity contribution in [3.05, 3.63) is 0 Å². The van der Waals surface area contributed by atoms with Gasteiger partial charge in [0.05, 0.1) is 15.8 Å². The number of hydrogen-bond donors (Lipinski definition) is 1. The molecule has 0 aromatic carbocycles. The number of thiocarbonyl (C=S) groups is 1. The van der Waals surface area contributed by atoms with Crippen LogP contribution in [0.4, 0.5) is 0 Å². The molecule has 0 spiro atoms. The molecule has 0 aliphatic carbocycles. The van der Waals surface area contributed by atoms with E-state index in [0.717, 1.165) is 38.4 Å². The Bertz CT molecular complexity index is 359. The van der Waals surface area contributed by atoms with Crippen molar-refractivity contribution in [1.82, 2.24) is 9.80 Å². The minimum absolute atomic E-state index is 0.204. The van der Waals surface area contributed by atoms with Crippen molar-refractivity contribution in [3.8, 4) is 0 Å². The highest BCUT2D eigenvalue weighted by atomic mass is 32.2. The SMILES string of the molecule is CC(C)(C(N)=S)N1CCN(C(=O)C2CCCS2)CC1. The van der Waals surface area contributed by atoms with E-state index < -0.39 is 0 Å². The fourth-order valence-electron chi connectivity index (χ4n) is 2.62. The minimum Gasteiger partial charge on any atom is -0.392 e. The molecule has 0 radical (unpaired) electrons. The summed E-state index contributed by atoms with van der Waals surface area (Å²) < 4.78 is 0. The molecular formula is C13H23N3OS2. The molecule has 0 aromatic heterocycles. The smallest absolute Gasteiger partial charge is 0.235 e. The fourth-order valence-corrected chi connectivity index (χ4v) is 3.99. The molecule has 0 bridgehead atoms. The second-order valence-corrected chi connectivity index (χ2v) is 7.49. The lowest BCUT2D eigenvalue weighted by atomic mass is 10.0. The van der Waals surface area contributed by atoms with E-state index in [1.54, 1.807) is 0 Å². The van der Waals surface area contributed by atoms with Gasteiger partial charge in [0.25, 0.3) is 0 Å². The third-order valence-corrected chi connectivity index (χ3v) is 6.05. The Morgan fingerprint density at radius 1 is 1.32 bits per heavy atom. The first-order valence-electron chi connectivity index (χ1n) is 6.88. The van der Waals surface area contributed by atoms with Gasteiger partial charge in [-0.25, -0.2) is 0 Å². The van der Waals surface area contributed by atoms with Crippen LogP contribution in [-0.4, -0.2) is 63.4 Å². The van der Waals surface area contributed by atoms with E-state index in [2.05, 4.69) is 18.7 Å². The van der Waals surface area contributed by atoms with Crippen LogP contribution < -0.4 is 5.73 Å². The second-order valence-electron chi connectivity index (χ2n) is 5.74. The first-order chi connectivity index (χ1) is 8.93. The summed E-state index contributed by atoms with van der Waals surface area (Å²) in [6.07, 6.45) is 2.22. The number of hydrogen-bond acceptors (Lipinski definition) is 4. The summed E-state index contributed by atoms with van der Waals surface area (Å²) >= 11 is 6.94. The molecule has 6 heteroatoms. The quantitative estimate of drug-likeness (QED) is 0.791. The zero-order chi connectivity index (χ0) is 14.0. The van der Waals surface area contributed by atoms with Crippen LogP contribution in [0.1, 0.15) is 26.7 Å². The largest absolute Gasteiger partial charge is 0.392 e. The summed E-state index contributed by atoms with van der Waals surface area (Å²) in [6, 6.07) is 0. The Labute approximate surface area is 125 Å². The Morgan fingerprint density at radius 3 is 2.42 bits per heavy atom. The fraction of sp³-hybridized carbons (Fsp3) is 0.846. The molecule has 0 aromatic rings. The topological polar surface area (TPSA) is 49.6 Å². The van der Waals surface area contributed by atoms with Crippen LogP contribution in [0.2, 0.25) is 0 Å². The lowest BCUT2D eigenvalue weighted by molar-refractivity contribution is -0.132. The lowest BCUT2D eigenvalue weighted by Gasteiger charge is -2.43. The van der Waals surface area contributed by atoms with Crippen molar-refractivity contribution in [1.29, 1.82) is 0 Å². The van der Waals surface area contributed by atoms with Crippen molar-refractivity contribution < 1.29 is 4.79 Å². The predicted molar refractivity (Wildman–Crippen MR) is 84.5 cm³/mol. The van der Waals surface area contributed by atoms with Crippen LogP contribution in [0.25, 0.3) is 0 Å². The van der Waals surface area contributed by atoms with Crippen molar-refractivity contribution >= 4 is 34.9 Å². The van der Waals surface area contributed by atoms with E-state index in [1.165, 1.54) is 6.42 Å². The van der Waals surface area contributed by atoms with Crippen LogP contribution in [-0.2, 0) is 4.79 Å². The average Bonchev–Trinajstić information content (AvgIpc) is 2.91. The molecule has 19 heavy (non-hydrogen) atoms. The van der Waals surface area contributed by atoms with Crippen LogP contribution in [0.5, 0.6) is 0 Å². The number of carbonyl (C=O) groups excluding carboxylic acids is 1. The minimum atomic E-state index is -0.257. The van der Waals surface area contributed by atoms with Gasteiger partial charge in [0, 0.05) is 26.2 Å². The predicted octanol–water partition coefficient (Wildman–Crippen LogP) is 1.09. The Balaban J connectivity index is 1.88. The summed E-state index contributed by atoms with van der Waals surface area (Å²) in [6.45, 7) is 7.41. The van der Waals surface area contributed by atoms with Gasteiger partial charge in [-0.3, -0.25) is 9.69 Å². The summed E-state index contributed by atoms with van der Waals surface area (Å²) in [7, 11) is 0. The molecule has 2 N–H and O–H groups in total. The highest BCUT2D eigenvalue weighted by molar-refractivity contribution is 8.00. The van der Waals surface area contributed by atoms with Crippen molar-refractivity contribution in [2.75, 3.05) is 31.9 Å². The standard InChI is InChI=1S/C13H23N3OS2/c1-13(2,12(14)18)16-7-5-15(6-8-16)11(17)10-4-3-9-19-10/h10H,3-9H2,1-2H3,(H2,14,18). The number of carbonyl (C=O) groups is 1. The van der Waals surface area contributed by atoms with Gasteiger partial charge in [0.1, 0.15) is 0 Å². The molecule has 2 saturated heterocycles. The zero-order valence-electron chi connectivity index (χ0n) is 11.7. The molecular weight excluding hydrogens is 278 g/mol. The first kappa shape index (κ1) is 15.1. The van der Waals surface area contributed by atoms with Gasteiger partial charge in [0.15, 0.2) is 0 Å². The molecule has 1 atom stereocenters. The van der Waals surface area contributed by atoms with Crippen LogP contribution in [0, 0.1) is 0 Å². The van der Waals surface area contributed by atoms with Crippen LogP contribution in [0.3, 0.4) is 0 Å².